The number of rotatable bonds is 2. The van der Waals surface area contributed by atoms with Crippen LogP contribution in [0.4, 0.5) is 5.95 Å². The van der Waals surface area contributed by atoms with Crippen molar-refractivity contribution < 1.29 is 10.0 Å². The number of aromatic nitrogens is 2. The fourth-order valence-electron chi connectivity index (χ4n) is 3.43. The minimum atomic E-state index is -0.461. The number of aryl methyl sites for hydroxylation is 2. The topological polar surface area (TPSA) is 81.2 Å². The van der Waals surface area contributed by atoms with Crippen molar-refractivity contribution in [3.63, 3.8) is 0 Å². The lowest BCUT2D eigenvalue weighted by Gasteiger charge is -2.13. The largest absolute Gasteiger partial charge is 0.334 e. The van der Waals surface area contributed by atoms with E-state index >= 15 is 0 Å². The van der Waals surface area contributed by atoms with E-state index in [0.717, 1.165) is 36.5 Å². The number of anilines is 1. The van der Waals surface area contributed by atoms with Gasteiger partial charge in [-0.25, -0.2) is 10.5 Å². The Morgan fingerprint density at radius 3 is 2.95 bits per heavy atom. The fourth-order valence-corrected chi connectivity index (χ4v) is 3.43. The molecule has 0 spiro atoms. The van der Waals surface area contributed by atoms with Crippen LogP contribution in [0.15, 0.2) is 18.2 Å². The van der Waals surface area contributed by atoms with Crippen molar-refractivity contribution in [3.8, 4) is 0 Å². The van der Waals surface area contributed by atoms with Crippen molar-refractivity contribution in [1.29, 1.82) is 0 Å². The molecule has 0 radical (unpaired) electrons. The van der Waals surface area contributed by atoms with Gasteiger partial charge in [-0.1, -0.05) is 12.1 Å². The van der Waals surface area contributed by atoms with E-state index in [-0.39, 0.29) is 0 Å². The van der Waals surface area contributed by atoms with E-state index in [0.29, 0.717) is 12.1 Å². The lowest BCUT2D eigenvalue weighted by Crippen LogP contribution is -2.21. The third-order valence-corrected chi connectivity index (χ3v) is 4.57. The Labute approximate surface area is 128 Å². The highest BCUT2D eigenvalue weighted by molar-refractivity contribution is 5.95. The number of fused-ring (bicyclic) bond motifs is 2. The number of hydrogen-bond donors (Lipinski definition) is 3. The molecule has 0 atom stereocenters. The maximum absolute atomic E-state index is 11.8. The second-order valence-electron chi connectivity index (χ2n) is 5.93. The number of nitrogens with one attached hydrogen (secondary N) is 2. The van der Waals surface area contributed by atoms with Gasteiger partial charge in [0.05, 0.1) is 5.69 Å². The van der Waals surface area contributed by atoms with E-state index < -0.39 is 5.91 Å². The maximum Gasteiger partial charge on any atom is 0.274 e. The van der Waals surface area contributed by atoms with E-state index in [1.807, 2.05) is 12.1 Å². The lowest BCUT2D eigenvalue weighted by molar-refractivity contribution is 0.0705. The van der Waals surface area contributed by atoms with E-state index in [1.165, 1.54) is 24.2 Å². The third kappa shape index (κ3) is 2.07. The van der Waals surface area contributed by atoms with Gasteiger partial charge in [-0.05, 0) is 42.9 Å². The summed E-state index contributed by atoms with van der Waals surface area (Å²) in [5.41, 5.74) is 6.76. The molecule has 2 aliphatic rings. The van der Waals surface area contributed by atoms with Gasteiger partial charge in [-0.15, -0.1) is 0 Å². The summed E-state index contributed by atoms with van der Waals surface area (Å²) >= 11 is 0. The van der Waals surface area contributed by atoms with Gasteiger partial charge in [0.1, 0.15) is 0 Å². The number of carbonyl (C=O) groups is 1. The molecule has 114 valence electrons. The van der Waals surface area contributed by atoms with Crippen LogP contribution in [-0.2, 0) is 25.9 Å². The van der Waals surface area contributed by atoms with Gasteiger partial charge in [-0.2, -0.15) is 0 Å². The number of H-pyrrole nitrogens is 1. The molecule has 0 fully saturated rings. The first-order valence-corrected chi connectivity index (χ1v) is 7.64. The monoisotopic (exact) mass is 298 g/mol. The second kappa shape index (κ2) is 5.14. The van der Waals surface area contributed by atoms with E-state index in [2.05, 4.69) is 9.88 Å². The van der Waals surface area contributed by atoms with Crippen LogP contribution in [0.1, 0.15) is 45.7 Å². The van der Waals surface area contributed by atoms with Crippen molar-refractivity contribution in [3.05, 3.63) is 46.3 Å². The number of benzene rings is 1. The number of nitrogens with zero attached hydrogens (tertiary/aromatic N) is 2. The smallest absolute Gasteiger partial charge is 0.274 e. The molecular formula is C16H18N4O2. The molecule has 1 aliphatic carbocycles. The zero-order chi connectivity index (χ0) is 15.1. The first-order chi connectivity index (χ1) is 10.8. The van der Waals surface area contributed by atoms with Gasteiger partial charge in [0, 0.05) is 24.3 Å². The Hall–Kier alpha value is -2.34. The highest BCUT2D eigenvalue weighted by Gasteiger charge is 2.27. The Morgan fingerprint density at radius 1 is 1.27 bits per heavy atom. The molecular weight excluding hydrogens is 280 g/mol. The summed E-state index contributed by atoms with van der Waals surface area (Å²) in [6.07, 6.45) is 4.54. The van der Waals surface area contributed by atoms with Crippen LogP contribution in [0.5, 0.6) is 0 Å². The number of imidazole rings is 1. The SMILES string of the molecule is O=C(NO)c1cccc2c1CN(c1nc3c([nH]1)CCCC3)C2. The van der Waals surface area contributed by atoms with Crippen molar-refractivity contribution in [2.45, 2.75) is 38.8 Å². The Bertz CT molecular complexity index is 714. The summed E-state index contributed by atoms with van der Waals surface area (Å²) in [6.45, 7) is 1.36. The van der Waals surface area contributed by atoms with Gasteiger partial charge in [0.15, 0.2) is 0 Å². The number of hydrogen-bond acceptors (Lipinski definition) is 4. The number of aromatic amines is 1. The van der Waals surface area contributed by atoms with Crippen LogP contribution in [0.25, 0.3) is 0 Å². The van der Waals surface area contributed by atoms with Crippen LogP contribution in [-0.4, -0.2) is 21.1 Å². The molecule has 0 saturated heterocycles. The maximum atomic E-state index is 11.8. The van der Waals surface area contributed by atoms with Gasteiger partial charge in [-0.3, -0.25) is 10.0 Å². The van der Waals surface area contributed by atoms with Gasteiger partial charge in [0.2, 0.25) is 5.95 Å². The van der Waals surface area contributed by atoms with E-state index in [1.54, 1.807) is 11.5 Å². The van der Waals surface area contributed by atoms with Crippen molar-refractivity contribution in [2.24, 2.45) is 0 Å². The Kier molecular flexibility index (Phi) is 3.11. The highest BCUT2D eigenvalue weighted by Crippen LogP contribution is 2.31. The molecule has 0 saturated carbocycles. The molecule has 1 aromatic carbocycles. The van der Waals surface area contributed by atoms with E-state index in [4.69, 9.17) is 10.2 Å². The van der Waals surface area contributed by atoms with Gasteiger partial charge in [0.25, 0.3) is 5.91 Å². The van der Waals surface area contributed by atoms with Gasteiger partial charge < -0.3 is 9.88 Å². The summed E-state index contributed by atoms with van der Waals surface area (Å²) in [5, 5.41) is 8.88. The molecule has 0 bridgehead atoms. The van der Waals surface area contributed by atoms with Crippen molar-refractivity contribution >= 4 is 11.9 Å². The molecule has 2 heterocycles. The molecule has 3 N–H and O–H groups in total. The molecule has 4 rings (SSSR count). The number of amides is 1. The van der Waals surface area contributed by atoms with Crippen LogP contribution < -0.4 is 10.4 Å². The highest BCUT2D eigenvalue weighted by atomic mass is 16.5. The van der Waals surface area contributed by atoms with Crippen LogP contribution in [0, 0.1) is 0 Å². The van der Waals surface area contributed by atoms with Crippen molar-refractivity contribution in [2.75, 3.05) is 4.90 Å². The third-order valence-electron chi connectivity index (χ3n) is 4.57. The summed E-state index contributed by atoms with van der Waals surface area (Å²) in [6, 6.07) is 5.60. The normalized spacial score (nSPS) is 16.3. The average molecular weight is 298 g/mol. The standard InChI is InChI=1S/C16H18N4O2/c21-15(19-22)11-5-3-4-10-8-20(9-12(10)11)16-17-13-6-1-2-7-14(13)18-16/h3-5,22H,1-2,6-9H2,(H,17,18)(H,19,21). The first-order valence-electron chi connectivity index (χ1n) is 7.64. The summed E-state index contributed by atoms with van der Waals surface area (Å²) in [5.74, 6) is 0.427. The Morgan fingerprint density at radius 2 is 2.14 bits per heavy atom. The number of carbonyl (C=O) groups excluding carboxylic acids is 1. The molecule has 6 nitrogen and oxygen atoms in total. The first kappa shape index (κ1) is 13.3. The molecule has 0 unspecified atom stereocenters. The van der Waals surface area contributed by atoms with Gasteiger partial charge >= 0.3 is 0 Å². The summed E-state index contributed by atoms with van der Waals surface area (Å²) in [7, 11) is 0. The minimum absolute atomic E-state index is 0.461. The molecule has 1 amide bonds. The number of hydroxylamine groups is 1. The van der Waals surface area contributed by atoms with Crippen LogP contribution in [0.2, 0.25) is 0 Å². The van der Waals surface area contributed by atoms with Crippen LogP contribution >= 0.6 is 0 Å². The quantitative estimate of drug-likeness (QED) is 0.584. The predicted octanol–water partition coefficient (Wildman–Crippen LogP) is 1.93. The van der Waals surface area contributed by atoms with Crippen LogP contribution in [0.3, 0.4) is 0 Å². The molecule has 1 aromatic heterocycles. The average Bonchev–Trinajstić information content (AvgIpc) is 3.16. The predicted molar refractivity (Wildman–Crippen MR) is 80.8 cm³/mol. The summed E-state index contributed by atoms with van der Waals surface area (Å²) in [4.78, 5) is 22.1. The lowest BCUT2D eigenvalue weighted by atomic mass is 10.0. The second-order valence-corrected chi connectivity index (χ2v) is 5.93. The fraction of sp³-hybridized carbons (Fsp3) is 0.375. The van der Waals surface area contributed by atoms with E-state index in [9.17, 15) is 4.79 Å². The zero-order valence-corrected chi connectivity index (χ0v) is 12.2. The zero-order valence-electron chi connectivity index (χ0n) is 12.2. The molecule has 22 heavy (non-hydrogen) atoms. The molecule has 2 aromatic rings. The minimum Gasteiger partial charge on any atom is -0.334 e. The summed E-state index contributed by atoms with van der Waals surface area (Å²) < 4.78 is 0. The molecule has 6 heteroatoms. The molecule has 1 aliphatic heterocycles. The van der Waals surface area contributed by atoms with Crippen molar-refractivity contribution in [1.82, 2.24) is 15.4 Å². The Balaban J connectivity index is 1.64.